The first-order valence-corrected chi connectivity index (χ1v) is 8.68. The van der Waals surface area contributed by atoms with Crippen molar-refractivity contribution in [3.8, 4) is 5.75 Å². The van der Waals surface area contributed by atoms with E-state index in [-0.39, 0.29) is 19.0 Å². The zero-order chi connectivity index (χ0) is 14.9. The van der Waals surface area contributed by atoms with E-state index in [2.05, 4.69) is 0 Å². The Morgan fingerprint density at radius 2 is 1.91 bits per heavy atom. The van der Waals surface area contributed by atoms with Gasteiger partial charge < -0.3 is 10.5 Å². The van der Waals surface area contributed by atoms with Gasteiger partial charge in [-0.05, 0) is 37.4 Å². The lowest BCUT2D eigenvalue weighted by atomic mass is 9.99. The van der Waals surface area contributed by atoms with E-state index in [0.29, 0.717) is 30.5 Å². The summed E-state index contributed by atoms with van der Waals surface area (Å²) in [7, 11) is -3.43. The number of hydrogen-bond acceptors (Lipinski definition) is 4. The van der Waals surface area contributed by atoms with Crippen LogP contribution in [0.1, 0.15) is 18.4 Å². The van der Waals surface area contributed by atoms with Crippen LogP contribution in [0.15, 0.2) is 29.2 Å². The average molecular weight is 345 g/mol. The number of nitrogens with zero attached hydrogens (tertiary/aromatic N) is 1. The number of rotatable bonds is 3. The molecule has 0 saturated carbocycles. The van der Waals surface area contributed by atoms with Crippen LogP contribution in [0.4, 0.5) is 0 Å². The van der Waals surface area contributed by atoms with Crippen LogP contribution in [0, 0.1) is 5.92 Å². The molecule has 0 aromatic heterocycles. The summed E-state index contributed by atoms with van der Waals surface area (Å²) in [6.07, 6.45) is 3.39. The fourth-order valence-electron chi connectivity index (χ4n) is 2.80. The van der Waals surface area contributed by atoms with Gasteiger partial charge >= 0.3 is 0 Å². The molecule has 3 rings (SSSR count). The van der Waals surface area contributed by atoms with Gasteiger partial charge in [0, 0.05) is 18.7 Å². The van der Waals surface area contributed by atoms with E-state index in [4.69, 9.17) is 10.5 Å². The Morgan fingerprint density at radius 1 is 1.23 bits per heavy atom. The Labute approximate surface area is 137 Å². The smallest absolute Gasteiger partial charge is 0.242 e. The summed E-state index contributed by atoms with van der Waals surface area (Å²) in [4.78, 5) is 0.340. The van der Waals surface area contributed by atoms with Crippen molar-refractivity contribution in [3.05, 3.63) is 34.7 Å². The number of para-hydroxylation sites is 1. The van der Waals surface area contributed by atoms with Crippen LogP contribution in [0.25, 0.3) is 6.08 Å². The molecular weight excluding hydrogens is 324 g/mol. The van der Waals surface area contributed by atoms with Crippen LogP contribution >= 0.6 is 12.4 Å². The van der Waals surface area contributed by atoms with Crippen molar-refractivity contribution in [2.75, 3.05) is 26.2 Å². The third kappa shape index (κ3) is 3.30. The van der Waals surface area contributed by atoms with E-state index in [9.17, 15) is 8.42 Å². The average Bonchev–Trinajstić information content (AvgIpc) is 2.54. The standard InChI is InChI=1S/C15H20N2O3S.ClH/c16-10-12-5-7-17(8-6-12)21(18,19)14-9-13-3-1-2-4-15(13)20-11-14;/h1-4,9,12H,5-8,10-11,16H2;1H. The van der Waals surface area contributed by atoms with E-state index >= 15 is 0 Å². The van der Waals surface area contributed by atoms with Gasteiger partial charge in [0.1, 0.15) is 12.4 Å². The molecule has 0 atom stereocenters. The Bertz CT molecular complexity index is 653. The summed E-state index contributed by atoms with van der Waals surface area (Å²) in [5.41, 5.74) is 6.47. The first-order valence-electron chi connectivity index (χ1n) is 7.24. The summed E-state index contributed by atoms with van der Waals surface area (Å²) in [5.74, 6) is 1.17. The molecule has 2 aliphatic heterocycles. The summed E-state index contributed by atoms with van der Waals surface area (Å²) < 4.78 is 32.5. The highest BCUT2D eigenvalue weighted by Gasteiger charge is 2.32. The maximum Gasteiger partial charge on any atom is 0.242 e. The van der Waals surface area contributed by atoms with Gasteiger partial charge in [0.2, 0.25) is 10.0 Å². The molecule has 0 amide bonds. The van der Waals surface area contributed by atoms with E-state index in [0.717, 1.165) is 24.2 Å². The van der Waals surface area contributed by atoms with Crippen LogP contribution in [-0.4, -0.2) is 39.0 Å². The molecule has 1 aromatic rings. The molecule has 0 spiro atoms. The number of halogens is 1. The maximum atomic E-state index is 12.7. The number of nitrogens with two attached hydrogens (primary N) is 1. The molecule has 0 aliphatic carbocycles. The predicted octanol–water partition coefficient (Wildman–Crippen LogP) is 1.84. The molecule has 2 aliphatic rings. The molecule has 2 N–H and O–H groups in total. The number of ether oxygens (including phenoxy) is 1. The van der Waals surface area contributed by atoms with Crippen molar-refractivity contribution in [2.24, 2.45) is 11.7 Å². The van der Waals surface area contributed by atoms with Crippen molar-refractivity contribution in [1.82, 2.24) is 4.31 Å². The van der Waals surface area contributed by atoms with Crippen LogP contribution in [0.2, 0.25) is 0 Å². The van der Waals surface area contributed by atoms with Gasteiger partial charge in [-0.3, -0.25) is 0 Å². The summed E-state index contributed by atoms with van der Waals surface area (Å²) in [6, 6.07) is 7.47. The van der Waals surface area contributed by atoms with Gasteiger partial charge in [-0.15, -0.1) is 12.4 Å². The molecule has 0 radical (unpaired) electrons. The quantitative estimate of drug-likeness (QED) is 0.908. The van der Waals surface area contributed by atoms with Gasteiger partial charge in [0.15, 0.2) is 0 Å². The predicted molar refractivity (Wildman–Crippen MR) is 89.4 cm³/mol. The number of fused-ring (bicyclic) bond motifs is 1. The van der Waals surface area contributed by atoms with Crippen molar-refractivity contribution in [1.29, 1.82) is 0 Å². The molecule has 122 valence electrons. The fourth-order valence-corrected chi connectivity index (χ4v) is 4.30. The minimum Gasteiger partial charge on any atom is -0.487 e. The van der Waals surface area contributed by atoms with Gasteiger partial charge in [-0.1, -0.05) is 18.2 Å². The van der Waals surface area contributed by atoms with E-state index in [1.807, 2.05) is 24.3 Å². The highest BCUT2D eigenvalue weighted by molar-refractivity contribution is 7.93. The monoisotopic (exact) mass is 344 g/mol. The lowest BCUT2D eigenvalue weighted by Gasteiger charge is -2.31. The fraction of sp³-hybridized carbons (Fsp3) is 0.467. The summed E-state index contributed by atoms with van der Waals surface area (Å²) >= 11 is 0. The zero-order valence-corrected chi connectivity index (χ0v) is 13.9. The maximum absolute atomic E-state index is 12.7. The van der Waals surface area contributed by atoms with E-state index in [1.54, 1.807) is 10.4 Å². The Kier molecular flexibility index (Phi) is 5.50. The molecule has 2 heterocycles. The van der Waals surface area contributed by atoms with Crippen molar-refractivity contribution in [2.45, 2.75) is 12.8 Å². The third-order valence-electron chi connectivity index (χ3n) is 4.18. The van der Waals surface area contributed by atoms with Crippen LogP contribution in [-0.2, 0) is 10.0 Å². The van der Waals surface area contributed by atoms with Crippen molar-refractivity contribution >= 4 is 28.5 Å². The van der Waals surface area contributed by atoms with E-state index < -0.39 is 10.0 Å². The summed E-state index contributed by atoms with van der Waals surface area (Å²) in [6.45, 7) is 1.83. The largest absolute Gasteiger partial charge is 0.487 e. The Balaban J connectivity index is 0.00000176. The molecule has 1 aromatic carbocycles. The Hall–Kier alpha value is -1.08. The molecule has 1 fully saturated rings. The molecule has 0 unspecified atom stereocenters. The normalized spacial score (nSPS) is 19.6. The Morgan fingerprint density at radius 3 is 2.59 bits per heavy atom. The highest BCUT2D eigenvalue weighted by atomic mass is 35.5. The van der Waals surface area contributed by atoms with Gasteiger partial charge in [0.25, 0.3) is 0 Å². The molecule has 22 heavy (non-hydrogen) atoms. The third-order valence-corrected chi connectivity index (χ3v) is 6.13. The summed E-state index contributed by atoms with van der Waals surface area (Å²) in [5, 5.41) is 0. The SMILES string of the molecule is Cl.NCC1CCN(S(=O)(=O)C2=Cc3ccccc3OC2)CC1. The lowest BCUT2D eigenvalue weighted by Crippen LogP contribution is -2.41. The molecule has 1 saturated heterocycles. The number of hydrogen-bond donors (Lipinski definition) is 1. The second-order valence-corrected chi connectivity index (χ2v) is 7.51. The van der Waals surface area contributed by atoms with Gasteiger partial charge in [-0.25, -0.2) is 8.42 Å². The van der Waals surface area contributed by atoms with Crippen LogP contribution in [0.5, 0.6) is 5.75 Å². The topological polar surface area (TPSA) is 72.6 Å². The molecule has 7 heteroatoms. The number of sulfonamides is 1. The minimum absolute atomic E-state index is 0. The van der Waals surface area contributed by atoms with Crippen LogP contribution < -0.4 is 10.5 Å². The van der Waals surface area contributed by atoms with Crippen molar-refractivity contribution in [3.63, 3.8) is 0 Å². The second-order valence-electron chi connectivity index (χ2n) is 5.52. The van der Waals surface area contributed by atoms with Gasteiger partial charge in [-0.2, -0.15) is 4.31 Å². The van der Waals surface area contributed by atoms with Crippen molar-refractivity contribution < 1.29 is 13.2 Å². The highest BCUT2D eigenvalue weighted by Crippen LogP contribution is 2.30. The number of benzene rings is 1. The first kappa shape index (κ1) is 17.3. The van der Waals surface area contributed by atoms with E-state index in [1.165, 1.54) is 0 Å². The lowest BCUT2D eigenvalue weighted by molar-refractivity contribution is 0.277. The molecule has 0 bridgehead atoms. The minimum atomic E-state index is -3.43. The molecule has 5 nitrogen and oxygen atoms in total. The second kappa shape index (κ2) is 7.00. The van der Waals surface area contributed by atoms with Gasteiger partial charge in [0.05, 0.1) is 4.91 Å². The molecular formula is C15H21ClN2O3S. The number of piperidine rings is 1. The first-order chi connectivity index (χ1) is 10.1. The zero-order valence-electron chi connectivity index (χ0n) is 12.3. The van der Waals surface area contributed by atoms with Crippen LogP contribution in [0.3, 0.4) is 0 Å².